The van der Waals surface area contributed by atoms with Crippen molar-refractivity contribution in [3.8, 4) is 17.0 Å². The number of likely N-dealkylation sites (N-methyl/N-ethyl adjacent to an activating group) is 1. The molecule has 2 heterocycles. The number of aromatic nitrogens is 2. The molecule has 0 fully saturated rings. The van der Waals surface area contributed by atoms with Crippen LogP contribution in [-0.2, 0) is 11.8 Å². The first-order valence-electron chi connectivity index (χ1n) is 6.00. The summed E-state index contributed by atoms with van der Waals surface area (Å²) >= 11 is 3.47. The van der Waals surface area contributed by atoms with Gasteiger partial charge < -0.3 is 19.9 Å². The number of amides is 1. The summed E-state index contributed by atoms with van der Waals surface area (Å²) in [6.07, 6.45) is 0. The van der Waals surface area contributed by atoms with Crippen molar-refractivity contribution in [2.45, 2.75) is 0 Å². The Hall–Kier alpha value is -2.02. The van der Waals surface area contributed by atoms with Gasteiger partial charge in [-0.3, -0.25) is 4.79 Å². The van der Waals surface area contributed by atoms with Crippen molar-refractivity contribution >= 4 is 33.5 Å². The zero-order chi connectivity index (χ0) is 14.4. The molecule has 2 aromatic rings. The van der Waals surface area contributed by atoms with Crippen molar-refractivity contribution in [2.75, 3.05) is 24.3 Å². The summed E-state index contributed by atoms with van der Waals surface area (Å²) in [5.74, 6) is 1.04. The molecule has 0 aliphatic carbocycles. The second-order valence-corrected chi connectivity index (χ2v) is 5.34. The van der Waals surface area contributed by atoms with Crippen LogP contribution in [0.4, 0.5) is 11.6 Å². The van der Waals surface area contributed by atoms with E-state index in [1.165, 1.54) is 0 Å². The molecule has 1 amide bonds. The number of nitrogens with two attached hydrogens (primary N) is 1. The maximum Gasteiger partial charge on any atom is 0.264 e. The van der Waals surface area contributed by atoms with Crippen LogP contribution in [0.2, 0.25) is 0 Å². The third kappa shape index (κ3) is 1.85. The number of imidazole rings is 1. The summed E-state index contributed by atoms with van der Waals surface area (Å²) in [4.78, 5) is 17.6. The van der Waals surface area contributed by atoms with Crippen molar-refractivity contribution in [3.63, 3.8) is 0 Å². The second kappa shape index (κ2) is 4.52. The van der Waals surface area contributed by atoms with Crippen LogP contribution in [0.15, 0.2) is 22.8 Å². The van der Waals surface area contributed by atoms with Crippen LogP contribution in [-0.4, -0.2) is 29.1 Å². The lowest BCUT2D eigenvalue weighted by atomic mass is 10.1. The number of nitrogens with zero attached hydrogens (tertiary/aromatic N) is 3. The fraction of sp³-hybridized carbons (Fsp3) is 0.231. The molecule has 3 rings (SSSR count). The lowest BCUT2D eigenvalue weighted by Crippen LogP contribution is -2.35. The van der Waals surface area contributed by atoms with Gasteiger partial charge in [-0.2, -0.15) is 0 Å². The average molecular weight is 337 g/mol. The number of nitrogen functional groups attached to an aromatic ring is 1. The van der Waals surface area contributed by atoms with Gasteiger partial charge in [-0.25, -0.2) is 4.98 Å². The molecule has 0 spiro atoms. The number of ether oxygens (including phenoxy) is 1. The topological polar surface area (TPSA) is 73.4 Å². The van der Waals surface area contributed by atoms with E-state index in [0.717, 1.165) is 21.5 Å². The number of halogens is 1. The van der Waals surface area contributed by atoms with Gasteiger partial charge in [0, 0.05) is 19.7 Å². The Morgan fingerprint density at radius 2 is 2.15 bits per heavy atom. The van der Waals surface area contributed by atoms with Crippen LogP contribution in [0.5, 0.6) is 5.75 Å². The lowest BCUT2D eigenvalue weighted by Gasteiger charge is -2.26. The van der Waals surface area contributed by atoms with E-state index in [2.05, 4.69) is 20.9 Å². The maximum absolute atomic E-state index is 11.7. The molecule has 0 bridgehead atoms. The highest BCUT2D eigenvalue weighted by atomic mass is 79.9. The minimum absolute atomic E-state index is 0.0725. The predicted molar refractivity (Wildman–Crippen MR) is 79.7 cm³/mol. The van der Waals surface area contributed by atoms with Gasteiger partial charge in [-0.15, -0.1) is 0 Å². The van der Waals surface area contributed by atoms with E-state index in [-0.39, 0.29) is 12.5 Å². The molecule has 0 saturated carbocycles. The predicted octanol–water partition coefficient (Wildman–Crippen LogP) is 1.79. The Bertz CT molecular complexity index is 711. The SMILES string of the molecule is CN1C(=O)COc2ccc(-c3nc(N)n(C)c3Br)cc21. The third-order valence-corrected chi connectivity index (χ3v) is 4.29. The van der Waals surface area contributed by atoms with Gasteiger partial charge in [0.2, 0.25) is 5.95 Å². The molecule has 0 atom stereocenters. The fourth-order valence-electron chi connectivity index (χ4n) is 2.10. The molecule has 6 nitrogen and oxygen atoms in total. The van der Waals surface area contributed by atoms with Gasteiger partial charge in [0.1, 0.15) is 16.0 Å². The van der Waals surface area contributed by atoms with Crippen molar-refractivity contribution in [2.24, 2.45) is 7.05 Å². The van der Waals surface area contributed by atoms with E-state index in [9.17, 15) is 4.79 Å². The molecule has 0 unspecified atom stereocenters. The Labute approximate surface area is 124 Å². The van der Waals surface area contributed by atoms with Crippen LogP contribution in [0.1, 0.15) is 0 Å². The summed E-state index contributed by atoms with van der Waals surface area (Å²) in [5.41, 5.74) is 8.13. The Balaban J connectivity index is 2.12. The van der Waals surface area contributed by atoms with Crippen molar-refractivity contribution in [3.05, 3.63) is 22.8 Å². The van der Waals surface area contributed by atoms with Crippen molar-refractivity contribution < 1.29 is 9.53 Å². The summed E-state index contributed by atoms with van der Waals surface area (Å²) in [5, 5.41) is 0. The van der Waals surface area contributed by atoms with Gasteiger partial charge >= 0.3 is 0 Å². The fourth-order valence-corrected chi connectivity index (χ4v) is 2.60. The van der Waals surface area contributed by atoms with Crippen LogP contribution in [0, 0.1) is 0 Å². The molecule has 2 N–H and O–H groups in total. The first kappa shape index (κ1) is 13.0. The number of fused-ring (bicyclic) bond motifs is 1. The minimum atomic E-state index is -0.0748. The number of hydrogen-bond acceptors (Lipinski definition) is 4. The van der Waals surface area contributed by atoms with E-state index in [1.807, 2.05) is 25.2 Å². The highest BCUT2D eigenvalue weighted by molar-refractivity contribution is 9.10. The van der Waals surface area contributed by atoms with Crippen molar-refractivity contribution in [1.29, 1.82) is 0 Å². The van der Waals surface area contributed by atoms with E-state index in [0.29, 0.717) is 11.7 Å². The number of rotatable bonds is 1. The lowest BCUT2D eigenvalue weighted by molar-refractivity contribution is -0.120. The molecule has 1 aromatic heterocycles. The highest BCUT2D eigenvalue weighted by Crippen LogP contribution is 2.37. The van der Waals surface area contributed by atoms with Crippen LogP contribution < -0.4 is 15.4 Å². The minimum Gasteiger partial charge on any atom is -0.482 e. The molecular formula is C13H13BrN4O2. The summed E-state index contributed by atoms with van der Waals surface area (Å²) in [6.45, 7) is 0.0725. The second-order valence-electron chi connectivity index (χ2n) is 4.59. The van der Waals surface area contributed by atoms with E-state index in [1.54, 1.807) is 16.5 Å². The highest BCUT2D eigenvalue weighted by Gasteiger charge is 2.23. The van der Waals surface area contributed by atoms with E-state index < -0.39 is 0 Å². The Morgan fingerprint density at radius 3 is 2.80 bits per heavy atom. The van der Waals surface area contributed by atoms with E-state index in [4.69, 9.17) is 10.5 Å². The van der Waals surface area contributed by atoms with Crippen LogP contribution >= 0.6 is 15.9 Å². The number of benzene rings is 1. The average Bonchev–Trinajstić information content (AvgIpc) is 2.70. The molecular weight excluding hydrogens is 324 g/mol. The maximum atomic E-state index is 11.7. The molecule has 104 valence electrons. The number of anilines is 2. The third-order valence-electron chi connectivity index (χ3n) is 3.38. The number of hydrogen-bond donors (Lipinski definition) is 1. The van der Waals surface area contributed by atoms with Gasteiger partial charge in [-0.05, 0) is 34.1 Å². The summed E-state index contributed by atoms with van der Waals surface area (Å²) < 4.78 is 7.95. The standard InChI is InChI=1S/C13H13BrN4O2/c1-17-8-5-7(3-4-9(8)20-6-10(17)19)11-12(14)18(2)13(15)16-11/h3-5H,6H2,1-2H3,(H2,15,16). The van der Waals surface area contributed by atoms with Crippen LogP contribution in [0.3, 0.4) is 0 Å². The van der Waals surface area contributed by atoms with Crippen LogP contribution in [0.25, 0.3) is 11.3 Å². The monoisotopic (exact) mass is 336 g/mol. The molecule has 0 radical (unpaired) electrons. The normalized spacial score (nSPS) is 14.2. The van der Waals surface area contributed by atoms with Crippen molar-refractivity contribution in [1.82, 2.24) is 9.55 Å². The molecule has 20 heavy (non-hydrogen) atoms. The van der Waals surface area contributed by atoms with E-state index >= 15 is 0 Å². The zero-order valence-electron chi connectivity index (χ0n) is 11.1. The molecule has 0 saturated heterocycles. The molecule has 7 heteroatoms. The molecule has 1 aliphatic rings. The first-order valence-corrected chi connectivity index (χ1v) is 6.80. The van der Waals surface area contributed by atoms with Gasteiger partial charge in [0.25, 0.3) is 5.91 Å². The Kier molecular flexibility index (Phi) is 2.93. The van der Waals surface area contributed by atoms with Gasteiger partial charge in [-0.1, -0.05) is 0 Å². The number of carbonyl (C=O) groups excluding carboxylic acids is 1. The molecule has 1 aliphatic heterocycles. The summed E-state index contributed by atoms with van der Waals surface area (Å²) in [6, 6.07) is 5.61. The Morgan fingerprint density at radius 1 is 1.40 bits per heavy atom. The largest absolute Gasteiger partial charge is 0.482 e. The smallest absolute Gasteiger partial charge is 0.264 e. The number of carbonyl (C=O) groups is 1. The first-order chi connectivity index (χ1) is 9.49. The molecule has 1 aromatic carbocycles. The quantitative estimate of drug-likeness (QED) is 0.861. The summed E-state index contributed by atoms with van der Waals surface area (Å²) in [7, 11) is 3.56. The zero-order valence-corrected chi connectivity index (χ0v) is 12.6. The van der Waals surface area contributed by atoms with Gasteiger partial charge in [0.05, 0.1) is 5.69 Å². The van der Waals surface area contributed by atoms with Gasteiger partial charge in [0.15, 0.2) is 6.61 Å².